The summed E-state index contributed by atoms with van der Waals surface area (Å²) in [6.07, 6.45) is 4.20. The molecular weight excluding hydrogens is 564 g/mol. The summed E-state index contributed by atoms with van der Waals surface area (Å²) in [7, 11) is 0. The van der Waals surface area contributed by atoms with Crippen LogP contribution in [0.5, 0.6) is 0 Å². The van der Waals surface area contributed by atoms with Gasteiger partial charge >= 0.3 is 0 Å². The van der Waals surface area contributed by atoms with Crippen molar-refractivity contribution >= 4 is 95.6 Å². The zero-order valence-corrected chi connectivity index (χ0v) is 16.0. The van der Waals surface area contributed by atoms with Crippen LogP contribution in [0.3, 0.4) is 0 Å². The van der Waals surface area contributed by atoms with Crippen LogP contribution in [0.4, 0.5) is 0 Å². The maximum atomic E-state index is 3.67. The lowest BCUT2D eigenvalue weighted by Gasteiger charge is -2.48. The Morgan fingerprint density at radius 3 is 1.92 bits per heavy atom. The fourth-order valence-electron chi connectivity index (χ4n) is 0.990. The van der Waals surface area contributed by atoms with Crippen molar-refractivity contribution in [1.29, 1.82) is 0 Å². The highest BCUT2D eigenvalue weighted by Crippen LogP contribution is 2.62. The van der Waals surface area contributed by atoms with Crippen molar-refractivity contribution in [3.63, 3.8) is 0 Å². The molecule has 76 valence electrons. The van der Waals surface area contributed by atoms with Gasteiger partial charge in [-0.05, 0) is 6.92 Å². The molecule has 0 heterocycles. The van der Waals surface area contributed by atoms with Crippen molar-refractivity contribution in [2.75, 3.05) is 0 Å². The Labute approximate surface area is 128 Å². The molecule has 1 rings (SSSR count). The van der Waals surface area contributed by atoms with Crippen LogP contribution in [0.2, 0.25) is 0 Å². The van der Waals surface area contributed by atoms with Crippen LogP contribution in [0.15, 0.2) is 12.2 Å². The molecule has 0 aliphatic heterocycles. The molecule has 1 aliphatic rings. The molecule has 2 unspecified atom stereocenters. The lowest BCUT2D eigenvalue weighted by Crippen LogP contribution is -2.54. The molecule has 0 aromatic rings. The first-order chi connectivity index (χ1) is 5.63. The van der Waals surface area contributed by atoms with E-state index in [9.17, 15) is 0 Å². The van der Waals surface area contributed by atoms with Gasteiger partial charge in [0.25, 0.3) is 0 Å². The minimum absolute atomic E-state index is 0.169. The molecule has 13 heavy (non-hydrogen) atoms. The second-order valence-corrected chi connectivity index (χ2v) is 12.7. The Bertz CT molecular complexity index is 241. The third kappa shape index (κ3) is 2.19. The predicted molar refractivity (Wildman–Crippen MR) is 80.4 cm³/mol. The number of hydrogen-bond acceptors (Lipinski definition) is 0. The molecular formula is C7H6Br6. The standard InChI is InChI=1S/C7H6Br6/c1-5(9)3-2-4(8)6(10,11)7(5,12)13/h2-4H,1H3. The van der Waals surface area contributed by atoms with E-state index in [0.29, 0.717) is 0 Å². The molecule has 0 aromatic heterocycles. The number of hydrogen-bond donors (Lipinski definition) is 0. The zero-order chi connectivity index (χ0) is 10.5. The Hall–Kier alpha value is 2.62. The molecule has 0 bridgehead atoms. The molecule has 1 aliphatic carbocycles. The molecule has 0 N–H and O–H groups in total. The summed E-state index contributed by atoms with van der Waals surface area (Å²) in [5.41, 5.74) is 0. The van der Waals surface area contributed by atoms with Crippen LogP contribution in [0.25, 0.3) is 0 Å². The van der Waals surface area contributed by atoms with E-state index in [-0.39, 0.29) is 15.6 Å². The van der Waals surface area contributed by atoms with E-state index in [0.717, 1.165) is 0 Å². The van der Waals surface area contributed by atoms with Gasteiger partial charge in [-0.15, -0.1) is 0 Å². The first-order valence-corrected chi connectivity index (χ1v) is 8.29. The summed E-state index contributed by atoms with van der Waals surface area (Å²) < 4.78 is -0.778. The van der Waals surface area contributed by atoms with Gasteiger partial charge in [-0.1, -0.05) is 108 Å². The highest BCUT2D eigenvalue weighted by atomic mass is 79.9. The largest absolute Gasteiger partial charge is 0.125 e. The first-order valence-electron chi connectivity index (χ1n) is 3.41. The Kier molecular flexibility index (Phi) is 4.35. The number of allylic oxidation sites excluding steroid dienone is 2. The van der Waals surface area contributed by atoms with Gasteiger partial charge in [-0.3, -0.25) is 0 Å². The molecule has 0 fully saturated rings. The van der Waals surface area contributed by atoms with E-state index in [1.165, 1.54) is 0 Å². The van der Waals surface area contributed by atoms with Gasteiger partial charge < -0.3 is 0 Å². The van der Waals surface area contributed by atoms with Crippen molar-refractivity contribution in [3.8, 4) is 0 Å². The summed E-state index contributed by atoms with van der Waals surface area (Å²) in [4.78, 5) is 0.198. The van der Waals surface area contributed by atoms with Crippen molar-refractivity contribution in [1.82, 2.24) is 0 Å². The fraction of sp³-hybridized carbons (Fsp3) is 0.714. The fourth-order valence-corrected chi connectivity index (χ4v) is 4.98. The first kappa shape index (κ1) is 13.7. The van der Waals surface area contributed by atoms with E-state index < -0.39 is 0 Å². The van der Waals surface area contributed by atoms with Crippen molar-refractivity contribution in [2.24, 2.45) is 0 Å². The Morgan fingerprint density at radius 1 is 1.08 bits per heavy atom. The van der Waals surface area contributed by atoms with Crippen LogP contribution < -0.4 is 0 Å². The van der Waals surface area contributed by atoms with E-state index >= 15 is 0 Å². The molecule has 0 nitrogen and oxygen atoms in total. The lowest BCUT2D eigenvalue weighted by atomic mass is 9.97. The van der Waals surface area contributed by atoms with Gasteiger partial charge in [0, 0.05) is 0 Å². The van der Waals surface area contributed by atoms with E-state index in [1.807, 2.05) is 0 Å². The van der Waals surface area contributed by atoms with E-state index in [2.05, 4.69) is 115 Å². The molecule has 2 atom stereocenters. The predicted octanol–water partition coefficient (Wildman–Crippen LogP) is 5.45. The van der Waals surface area contributed by atoms with Gasteiger partial charge in [0.15, 0.2) is 0 Å². The molecule has 0 radical (unpaired) electrons. The molecule has 0 aromatic carbocycles. The van der Waals surface area contributed by atoms with Crippen LogP contribution in [0, 0.1) is 0 Å². The normalized spacial score (nSPS) is 41.9. The number of rotatable bonds is 0. The van der Waals surface area contributed by atoms with Gasteiger partial charge in [-0.25, -0.2) is 0 Å². The third-order valence-electron chi connectivity index (χ3n) is 1.96. The summed E-state index contributed by atoms with van der Waals surface area (Å²) in [5, 5.41) is 0. The average Bonchev–Trinajstić information content (AvgIpc) is 1.97. The summed E-state index contributed by atoms with van der Waals surface area (Å²) >= 11 is 21.9. The van der Waals surface area contributed by atoms with Crippen molar-refractivity contribution < 1.29 is 0 Å². The monoisotopic (exact) mass is 564 g/mol. The van der Waals surface area contributed by atoms with Gasteiger partial charge in [0.2, 0.25) is 0 Å². The molecule has 6 heteroatoms. The van der Waals surface area contributed by atoms with Crippen molar-refractivity contribution in [3.05, 3.63) is 12.2 Å². The topological polar surface area (TPSA) is 0 Å². The second kappa shape index (κ2) is 4.13. The van der Waals surface area contributed by atoms with Gasteiger partial charge in [0.05, 0.1) is 9.15 Å². The maximum Gasteiger partial charge on any atom is 0.125 e. The van der Waals surface area contributed by atoms with Crippen molar-refractivity contribution in [2.45, 2.75) is 22.5 Å². The third-order valence-corrected chi connectivity index (χ3v) is 13.3. The van der Waals surface area contributed by atoms with Gasteiger partial charge in [-0.2, -0.15) is 0 Å². The maximum absolute atomic E-state index is 3.67. The van der Waals surface area contributed by atoms with E-state index in [4.69, 9.17) is 0 Å². The van der Waals surface area contributed by atoms with Crippen LogP contribution >= 0.6 is 95.6 Å². The summed E-state index contributed by atoms with van der Waals surface area (Å²) in [6, 6.07) is 0. The van der Waals surface area contributed by atoms with Crippen LogP contribution in [-0.2, 0) is 0 Å². The molecule has 0 saturated heterocycles. The lowest BCUT2D eigenvalue weighted by molar-refractivity contribution is 0.640. The Morgan fingerprint density at radius 2 is 1.54 bits per heavy atom. The quantitative estimate of drug-likeness (QED) is 0.269. The minimum Gasteiger partial charge on any atom is -0.0820 e. The van der Waals surface area contributed by atoms with E-state index in [1.54, 1.807) is 0 Å². The molecule has 0 saturated carbocycles. The molecule has 0 spiro atoms. The Balaban J connectivity index is 3.22. The molecule has 0 amide bonds. The highest BCUT2D eigenvalue weighted by Gasteiger charge is 2.59. The second-order valence-electron chi connectivity index (χ2n) is 3.03. The van der Waals surface area contributed by atoms with Crippen LogP contribution in [0.1, 0.15) is 6.92 Å². The minimum atomic E-state index is -0.317. The SMILES string of the molecule is CC1(Br)C=CC(Br)C(Br)(Br)C1(Br)Br. The zero-order valence-electron chi connectivity index (χ0n) is 6.50. The number of halogens is 6. The highest BCUT2D eigenvalue weighted by molar-refractivity contribution is 9.31. The smallest absolute Gasteiger partial charge is 0.0820 e. The summed E-state index contributed by atoms with van der Waals surface area (Å²) in [5.74, 6) is 0. The van der Waals surface area contributed by atoms with Gasteiger partial charge in [0.1, 0.15) is 6.47 Å². The average molecular weight is 570 g/mol. The summed E-state index contributed by atoms with van der Waals surface area (Å²) in [6.45, 7) is 2.09. The number of alkyl halides is 6. The van der Waals surface area contributed by atoms with Crippen LogP contribution in [-0.4, -0.2) is 15.6 Å².